The molecule has 21 heavy (non-hydrogen) atoms. The molecule has 0 saturated carbocycles. The normalized spacial score (nSPS) is 24.5. The van der Waals surface area contributed by atoms with E-state index in [4.69, 9.17) is 5.11 Å². The van der Waals surface area contributed by atoms with Crippen LogP contribution in [0.15, 0.2) is 6.33 Å². The van der Waals surface area contributed by atoms with E-state index in [1.54, 1.807) is 4.90 Å². The Balaban J connectivity index is 1.59. The number of likely N-dealkylation sites (tertiary alicyclic amines) is 1. The molecule has 8 nitrogen and oxygen atoms in total. The van der Waals surface area contributed by atoms with Gasteiger partial charge in [-0.1, -0.05) is 0 Å². The summed E-state index contributed by atoms with van der Waals surface area (Å²) in [6.07, 6.45) is 4.14. The molecule has 1 unspecified atom stereocenters. The molecule has 2 aliphatic heterocycles. The highest BCUT2D eigenvalue weighted by Gasteiger charge is 2.34. The molecule has 0 spiro atoms. The highest BCUT2D eigenvalue weighted by Crippen LogP contribution is 2.24. The molecule has 3 N–H and O–H groups in total. The third-order valence-electron chi connectivity index (χ3n) is 4.39. The first-order valence-electron chi connectivity index (χ1n) is 7.38. The standard InChI is InChI=1S/C13H21N5O3/c19-8-13(21)3-6-17(7-4-13)12(20)16-10-2-1-5-18-11(10)14-9-15-18/h9-10,19,21H,1-8H2,(H,16,20). The first-order chi connectivity index (χ1) is 10.1. The molecule has 1 aromatic heterocycles. The number of aryl methyl sites for hydroxylation is 1. The molecule has 0 aromatic carbocycles. The third kappa shape index (κ3) is 2.86. The Hall–Kier alpha value is -1.67. The second kappa shape index (κ2) is 5.61. The Morgan fingerprint density at radius 3 is 2.90 bits per heavy atom. The number of nitrogens with zero attached hydrogens (tertiary/aromatic N) is 4. The van der Waals surface area contributed by atoms with E-state index in [-0.39, 0.29) is 18.7 Å². The molecule has 1 aromatic rings. The summed E-state index contributed by atoms with van der Waals surface area (Å²) in [7, 11) is 0. The van der Waals surface area contributed by atoms with E-state index in [0.29, 0.717) is 25.9 Å². The summed E-state index contributed by atoms with van der Waals surface area (Å²) in [4.78, 5) is 18.2. The van der Waals surface area contributed by atoms with Crippen LogP contribution >= 0.6 is 0 Å². The van der Waals surface area contributed by atoms with Gasteiger partial charge in [0.15, 0.2) is 0 Å². The van der Waals surface area contributed by atoms with Crippen molar-refractivity contribution in [2.24, 2.45) is 0 Å². The van der Waals surface area contributed by atoms with Crippen LogP contribution < -0.4 is 5.32 Å². The quantitative estimate of drug-likeness (QED) is 0.691. The zero-order valence-corrected chi connectivity index (χ0v) is 11.9. The minimum absolute atomic E-state index is 0.104. The molecular weight excluding hydrogens is 274 g/mol. The van der Waals surface area contributed by atoms with Crippen molar-refractivity contribution < 1.29 is 15.0 Å². The largest absolute Gasteiger partial charge is 0.393 e. The zero-order chi connectivity index (χ0) is 14.9. The lowest BCUT2D eigenvalue weighted by Gasteiger charge is -2.37. The van der Waals surface area contributed by atoms with Gasteiger partial charge in [0.25, 0.3) is 0 Å². The minimum atomic E-state index is -1.04. The van der Waals surface area contributed by atoms with E-state index in [1.165, 1.54) is 6.33 Å². The van der Waals surface area contributed by atoms with Gasteiger partial charge >= 0.3 is 6.03 Å². The smallest absolute Gasteiger partial charge is 0.317 e. The molecule has 2 aliphatic rings. The van der Waals surface area contributed by atoms with Gasteiger partial charge in [-0.05, 0) is 25.7 Å². The number of amides is 2. The molecule has 2 amide bonds. The van der Waals surface area contributed by atoms with E-state index >= 15 is 0 Å². The van der Waals surface area contributed by atoms with Gasteiger partial charge in [0.05, 0.1) is 18.2 Å². The molecule has 1 atom stereocenters. The highest BCUT2D eigenvalue weighted by molar-refractivity contribution is 5.74. The van der Waals surface area contributed by atoms with Crippen molar-refractivity contribution in [2.45, 2.75) is 43.9 Å². The Bertz CT molecular complexity index is 510. The number of aliphatic hydroxyl groups excluding tert-OH is 1. The molecule has 1 fully saturated rings. The predicted octanol–water partition coefficient (Wildman–Crippen LogP) is -0.358. The van der Waals surface area contributed by atoms with Crippen molar-refractivity contribution in [2.75, 3.05) is 19.7 Å². The zero-order valence-electron chi connectivity index (χ0n) is 11.9. The Morgan fingerprint density at radius 1 is 1.43 bits per heavy atom. The van der Waals surface area contributed by atoms with Crippen LogP contribution in [0.4, 0.5) is 4.79 Å². The van der Waals surface area contributed by atoms with Crippen LogP contribution in [0.3, 0.4) is 0 Å². The first-order valence-corrected chi connectivity index (χ1v) is 7.38. The molecule has 1 saturated heterocycles. The first kappa shape index (κ1) is 14.3. The number of piperidine rings is 1. The van der Waals surface area contributed by atoms with Crippen LogP contribution in [0.2, 0.25) is 0 Å². The topological polar surface area (TPSA) is 104 Å². The van der Waals surface area contributed by atoms with E-state index in [0.717, 1.165) is 25.2 Å². The van der Waals surface area contributed by atoms with Crippen molar-refractivity contribution in [3.63, 3.8) is 0 Å². The number of nitrogens with one attached hydrogen (secondary N) is 1. The van der Waals surface area contributed by atoms with Gasteiger partial charge in [0.2, 0.25) is 0 Å². The van der Waals surface area contributed by atoms with Crippen LogP contribution in [-0.2, 0) is 6.54 Å². The summed E-state index contributed by atoms with van der Waals surface area (Å²) < 4.78 is 1.83. The monoisotopic (exact) mass is 295 g/mol. The highest BCUT2D eigenvalue weighted by atomic mass is 16.3. The number of fused-ring (bicyclic) bond motifs is 1. The molecule has 0 aliphatic carbocycles. The maximum atomic E-state index is 12.3. The number of hydrogen-bond donors (Lipinski definition) is 3. The lowest BCUT2D eigenvalue weighted by atomic mass is 9.92. The summed E-state index contributed by atoms with van der Waals surface area (Å²) in [5.41, 5.74) is -1.04. The van der Waals surface area contributed by atoms with Crippen molar-refractivity contribution in [3.05, 3.63) is 12.2 Å². The minimum Gasteiger partial charge on any atom is -0.393 e. The Kier molecular flexibility index (Phi) is 3.81. The van der Waals surface area contributed by atoms with Gasteiger partial charge in [-0.15, -0.1) is 0 Å². The average Bonchev–Trinajstić information content (AvgIpc) is 2.97. The van der Waals surface area contributed by atoms with Crippen molar-refractivity contribution in [1.29, 1.82) is 0 Å². The molecule has 8 heteroatoms. The van der Waals surface area contributed by atoms with Crippen LogP contribution in [0, 0.1) is 0 Å². The number of carbonyl (C=O) groups excluding carboxylic acids is 1. The summed E-state index contributed by atoms with van der Waals surface area (Å²) in [6, 6.07) is -0.246. The van der Waals surface area contributed by atoms with E-state index in [9.17, 15) is 9.90 Å². The molecule has 116 valence electrons. The van der Waals surface area contributed by atoms with Crippen LogP contribution in [0.1, 0.15) is 37.5 Å². The van der Waals surface area contributed by atoms with Crippen LogP contribution in [-0.4, -0.2) is 61.2 Å². The van der Waals surface area contributed by atoms with Gasteiger partial charge < -0.3 is 20.4 Å². The lowest BCUT2D eigenvalue weighted by molar-refractivity contribution is -0.0528. The third-order valence-corrected chi connectivity index (χ3v) is 4.39. The van der Waals surface area contributed by atoms with Crippen LogP contribution in [0.5, 0.6) is 0 Å². The summed E-state index contributed by atoms with van der Waals surface area (Å²) in [6.45, 7) is 1.48. The molecule has 0 radical (unpaired) electrons. The van der Waals surface area contributed by atoms with Gasteiger partial charge in [-0.25, -0.2) is 14.5 Å². The number of carbonyl (C=O) groups is 1. The summed E-state index contributed by atoms with van der Waals surface area (Å²) >= 11 is 0. The van der Waals surface area contributed by atoms with Gasteiger partial charge in [-0.3, -0.25) is 0 Å². The van der Waals surface area contributed by atoms with Crippen molar-refractivity contribution in [3.8, 4) is 0 Å². The Morgan fingerprint density at radius 2 is 2.19 bits per heavy atom. The maximum absolute atomic E-state index is 12.3. The average molecular weight is 295 g/mol. The molecule has 3 rings (SSSR count). The fraction of sp³-hybridized carbons (Fsp3) is 0.769. The molecular formula is C13H21N5O3. The maximum Gasteiger partial charge on any atom is 0.317 e. The second-order valence-electron chi connectivity index (χ2n) is 5.86. The summed E-state index contributed by atoms with van der Waals surface area (Å²) in [5.74, 6) is 0.804. The Labute approximate surface area is 122 Å². The summed E-state index contributed by atoms with van der Waals surface area (Å²) in [5, 5.41) is 26.2. The van der Waals surface area contributed by atoms with E-state index < -0.39 is 5.60 Å². The second-order valence-corrected chi connectivity index (χ2v) is 5.86. The number of aromatic nitrogens is 3. The number of aliphatic hydroxyl groups is 2. The van der Waals surface area contributed by atoms with E-state index in [2.05, 4.69) is 15.4 Å². The predicted molar refractivity (Wildman–Crippen MR) is 73.4 cm³/mol. The van der Waals surface area contributed by atoms with Gasteiger partial charge in [0, 0.05) is 19.6 Å². The molecule has 0 bridgehead atoms. The van der Waals surface area contributed by atoms with Crippen molar-refractivity contribution in [1.82, 2.24) is 25.0 Å². The fourth-order valence-corrected chi connectivity index (χ4v) is 2.95. The lowest BCUT2D eigenvalue weighted by Crippen LogP contribution is -2.52. The van der Waals surface area contributed by atoms with Crippen molar-refractivity contribution >= 4 is 6.03 Å². The van der Waals surface area contributed by atoms with E-state index in [1.807, 2.05) is 4.68 Å². The number of rotatable bonds is 2. The van der Waals surface area contributed by atoms with Gasteiger partial charge in [-0.2, -0.15) is 5.10 Å². The van der Waals surface area contributed by atoms with Crippen LogP contribution in [0.25, 0.3) is 0 Å². The number of hydrogen-bond acceptors (Lipinski definition) is 5. The SMILES string of the molecule is O=C(NC1CCCn2ncnc21)N1CCC(O)(CO)CC1. The fourth-order valence-electron chi connectivity index (χ4n) is 2.95. The van der Waals surface area contributed by atoms with Gasteiger partial charge in [0.1, 0.15) is 12.2 Å². The number of urea groups is 1. The molecule has 3 heterocycles.